The molecule has 0 fully saturated rings. The number of halogens is 7. The average molecular weight is 448 g/mol. The fraction of sp³-hybridized carbons (Fsp3) is 0.500. The molecule has 0 aromatic heterocycles. The largest absolute Gasteiger partial charge is 0.416 e. The van der Waals surface area contributed by atoms with Gasteiger partial charge in [0, 0.05) is 0 Å². The molecule has 7 heteroatoms. The molecule has 0 heterocycles. The van der Waals surface area contributed by atoms with E-state index >= 15 is 0 Å². The van der Waals surface area contributed by atoms with E-state index in [1.54, 1.807) is 19.9 Å². The third-order valence-corrected chi connectivity index (χ3v) is 4.93. The van der Waals surface area contributed by atoms with Crippen LogP contribution in [0.4, 0.5) is 30.7 Å². The van der Waals surface area contributed by atoms with Gasteiger partial charge in [0.1, 0.15) is 5.82 Å². The molecular formula is C24H27F7. The SMILES string of the molecule is CC(C)(C)Cc1ccc(CC(C)(C)Cc2ccc(F)cc2C(F)(F)F)cc1C(F)(F)F. The highest BCUT2D eigenvalue weighted by atomic mass is 19.4. The zero-order valence-electron chi connectivity index (χ0n) is 18.2. The van der Waals surface area contributed by atoms with E-state index in [2.05, 4.69) is 0 Å². The zero-order chi connectivity index (χ0) is 23.8. The average Bonchev–Trinajstić information content (AvgIpc) is 2.54. The molecule has 0 saturated heterocycles. The van der Waals surface area contributed by atoms with Crippen LogP contribution < -0.4 is 0 Å². The fourth-order valence-electron chi connectivity index (χ4n) is 3.82. The second kappa shape index (κ2) is 8.47. The first-order valence-electron chi connectivity index (χ1n) is 9.92. The smallest absolute Gasteiger partial charge is 0.207 e. The molecule has 2 aromatic carbocycles. The molecule has 0 aliphatic heterocycles. The van der Waals surface area contributed by atoms with Gasteiger partial charge in [0.25, 0.3) is 0 Å². The molecule has 0 nitrogen and oxygen atoms in total. The van der Waals surface area contributed by atoms with Gasteiger partial charge in [0.15, 0.2) is 0 Å². The van der Waals surface area contributed by atoms with Crippen LogP contribution in [0.15, 0.2) is 36.4 Å². The zero-order valence-corrected chi connectivity index (χ0v) is 18.2. The maximum Gasteiger partial charge on any atom is 0.416 e. The van der Waals surface area contributed by atoms with Crippen molar-refractivity contribution in [2.24, 2.45) is 10.8 Å². The van der Waals surface area contributed by atoms with Gasteiger partial charge in [-0.05, 0) is 65.0 Å². The topological polar surface area (TPSA) is 0 Å². The summed E-state index contributed by atoms with van der Waals surface area (Å²) in [4.78, 5) is 0. The molecule has 0 atom stereocenters. The van der Waals surface area contributed by atoms with E-state index in [0.717, 1.165) is 18.2 Å². The maximum absolute atomic E-state index is 13.6. The number of rotatable bonds is 5. The Hall–Kier alpha value is -2.05. The monoisotopic (exact) mass is 448 g/mol. The quantitative estimate of drug-likeness (QED) is 0.404. The van der Waals surface area contributed by atoms with Gasteiger partial charge in [0.05, 0.1) is 11.1 Å². The Labute approximate surface area is 178 Å². The Kier molecular flexibility index (Phi) is 6.89. The summed E-state index contributed by atoms with van der Waals surface area (Å²) in [6.07, 6.45) is -8.92. The summed E-state index contributed by atoms with van der Waals surface area (Å²) >= 11 is 0. The van der Waals surface area contributed by atoms with Crippen molar-refractivity contribution in [2.45, 2.75) is 66.2 Å². The van der Waals surface area contributed by atoms with Crippen molar-refractivity contribution in [3.8, 4) is 0 Å². The first-order valence-corrected chi connectivity index (χ1v) is 9.92. The Morgan fingerprint density at radius 2 is 1.10 bits per heavy atom. The van der Waals surface area contributed by atoms with Crippen LogP contribution in [-0.2, 0) is 31.6 Å². The van der Waals surface area contributed by atoms with Crippen LogP contribution in [0.25, 0.3) is 0 Å². The molecule has 0 bridgehead atoms. The highest BCUT2D eigenvalue weighted by molar-refractivity contribution is 5.36. The van der Waals surface area contributed by atoms with Gasteiger partial charge in [-0.3, -0.25) is 0 Å². The fourth-order valence-corrected chi connectivity index (χ4v) is 3.82. The van der Waals surface area contributed by atoms with Gasteiger partial charge in [-0.1, -0.05) is 52.8 Å². The molecule has 0 unspecified atom stereocenters. The van der Waals surface area contributed by atoms with E-state index in [-0.39, 0.29) is 35.8 Å². The van der Waals surface area contributed by atoms with E-state index in [9.17, 15) is 30.7 Å². The van der Waals surface area contributed by atoms with E-state index in [4.69, 9.17) is 0 Å². The predicted molar refractivity (Wildman–Crippen MR) is 107 cm³/mol. The molecule has 0 aliphatic rings. The highest BCUT2D eigenvalue weighted by Crippen LogP contribution is 2.39. The number of benzene rings is 2. The second-order valence-corrected chi connectivity index (χ2v) is 10.0. The minimum Gasteiger partial charge on any atom is -0.207 e. The minimum absolute atomic E-state index is 0.0623. The van der Waals surface area contributed by atoms with Crippen LogP contribution in [0.2, 0.25) is 0 Å². The summed E-state index contributed by atoms with van der Waals surface area (Å²) in [7, 11) is 0. The predicted octanol–water partition coefficient (Wildman–Crippen LogP) is 8.26. The van der Waals surface area contributed by atoms with E-state index < -0.39 is 34.7 Å². The lowest BCUT2D eigenvalue weighted by Crippen LogP contribution is -2.22. The van der Waals surface area contributed by atoms with Crippen LogP contribution in [-0.4, -0.2) is 0 Å². The van der Waals surface area contributed by atoms with Crippen LogP contribution in [0.5, 0.6) is 0 Å². The van der Waals surface area contributed by atoms with Crippen molar-refractivity contribution in [3.05, 3.63) is 70.0 Å². The molecule has 0 spiro atoms. The molecule has 172 valence electrons. The highest BCUT2D eigenvalue weighted by Gasteiger charge is 2.37. The summed E-state index contributed by atoms with van der Waals surface area (Å²) < 4.78 is 94.2. The Morgan fingerprint density at radius 1 is 0.613 bits per heavy atom. The van der Waals surface area contributed by atoms with Gasteiger partial charge in [-0.2, -0.15) is 26.3 Å². The Bertz CT molecular complexity index is 913. The maximum atomic E-state index is 13.6. The van der Waals surface area contributed by atoms with Gasteiger partial charge >= 0.3 is 12.4 Å². The van der Waals surface area contributed by atoms with Gasteiger partial charge in [-0.25, -0.2) is 4.39 Å². The summed E-state index contributed by atoms with van der Waals surface area (Å²) in [5, 5.41) is 0. The van der Waals surface area contributed by atoms with Gasteiger partial charge < -0.3 is 0 Å². The van der Waals surface area contributed by atoms with Gasteiger partial charge in [0.2, 0.25) is 0 Å². The minimum atomic E-state index is -4.72. The summed E-state index contributed by atoms with van der Waals surface area (Å²) in [5.74, 6) is -0.988. The molecule has 0 aliphatic carbocycles. The summed E-state index contributed by atoms with van der Waals surface area (Å²) in [5.41, 5.74) is -2.39. The Balaban J connectivity index is 2.36. The Morgan fingerprint density at radius 3 is 1.61 bits per heavy atom. The third-order valence-electron chi connectivity index (χ3n) is 4.93. The van der Waals surface area contributed by atoms with E-state index in [1.807, 2.05) is 20.8 Å². The van der Waals surface area contributed by atoms with E-state index in [1.165, 1.54) is 6.07 Å². The lowest BCUT2D eigenvalue weighted by molar-refractivity contribution is -0.139. The van der Waals surface area contributed by atoms with Crippen molar-refractivity contribution >= 4 is 0 Å². The van der Waals surface area contributed by atoms with Crippen molar-refractivity contribution in [2.75, 3.05) is 0 Å². The second-order valence-electron chi connectivity index (χ2n) is 10.0. The van der Waals surface area contributed by atoms with Crippen LogP contribution >= 0.6 is 0 Å². The van der Waals surface area contributed by atoms with E-state index in [0.29, 0.717) is 11.6 Å². The first-order chi connectivity index (χ1) is 13.9. The van der Waals surface area contributed by atoms with Crippen molar-refractivity contribution in [1.82, 2.24) is 0 Å². The molecule has 0 saturated carbocycles. The van der Waals surface area contributed by atoms with Gasteiger partial charge in [-0.15, -0.1) is 0 Å². The first kappa shape index (κ1) is 25.2. The van der Waals surface area contributed by atoms with Crippen LogP contribution in [0.3, 0.4) is 0 Å². The molecule has 2 rings (SSSR count). The summed E-state index contributed by atoms with van der Waals surface area (Å²) in [6.45, 7) is 8.93. The summed E-state index contributed by atoms with van der Waals surface area (Å²) in [6, 6.07) is 6.66. The van der Waals surface area contributed by atoms with Crippen molar-refractivity contribution in [1.29, 1.82) is 0 Å². The molecule has 0 N–H and O–H groups in total. The third kappa shape index (κ3) is 7.25. The molecule has 31 heavy (non-hydrogen) atoms. The lowest BCUT2D eigenvalue weighted by Gasteiger charge is -2.28. The number of hydrogen-bond donors (Lipinski definition) is 0. The lowest BCUT2D eigenvalue weighted by atomic mass is 9.78. The number of hydrogen-bond acceptors (Lipinski definition) is 0. The normalized spacial score (nSPS) is 13.5. The van der Waals surface area contributed by atoms with Crippen LogP contribution in [0.1, 0.15) is 62.4 Å². The molecule has 0 amide bonds. The molecule has 2 aromatic rings. The number of alkyl halides is 6. The van der Waals surface area contributed by atoms with Crippen LogP contribution in [0, 0.1) is 16.6 Å². The van der Waals surface area contributed by atoms with Crippen molar-refractivity contribution in [3.63, 3.8) is 0 Å². The molecular weight excluding hydrogens is 421 g/mol. The standard InChI is InChI=1S/C24H27F7/c1-21(2,3)13-16-7-6-15(10-19(16)23(26,27)28)12-22(4,5)14-17-8-9-18(25)11-20(17)24(29,30)31/h6-11H,12-14H2,1-5H3. The molecule has 0 radical (unpaired) electrons. The van der Waals surface area contributed by atoms with Crippen molar-refractivity contribution < 1.29 is 30.7 Å².